The molecule has 5 nitrogen and oxygen atoms in total. The predicted molar refractivity (Wildman–Crippen MR) is 103 cm³/mol. The zero-order valence-electron chi connectivity index (χ0n) is 14.0. The number of aromatic nitrogens is 1. The fourth-order valence-electron chi connectivity index (χ4n) is 2.39. The molecule has 2 aromatic carbocycles. The van der Waals surface area contributed by atoms with Crippen molar-refractivity contribution < 1.29 is 4.79 Å². The minimum atomic E-state index is -0.339. The summed E-state index contributed by atoms with van der Waals surface area (Å²) in [6.45, 7) is 1.96. The summed E-state index contributed by atoms with van der Waals surface area (Å²) in [7, 11) is 0. The summed E-state index contributed by atoms with van der Waals surface area (Å²) in [5, 5.41) is 15.6. The van der Waals surface area contributed by atoms with Gasteiger partial charge in [0.2, 0.25) is 0 Å². The lowest BCUT2D eigenvalue weighted by atomic mass is 10.2. The van der Waals surface area contributed by atoms with Crippen molar-refractivity contribution in [1.82, 2.24) is 4.98 Å². The molecule has 26 heavy (non-hydrogen) atoms. The van der Waals surface area contributed by atoms with Crippen LogP contribution in [-0.2, 0) is 0 Å². The quantitative estimate of drug-likeness (QED) is 0.691. The van der Waals surface area contributed by atoms with Gasteiger partial charge in [-0.15, -0.1) is 0 Å². The number of aryl methyl sites for hydroxylation is 1. The fourth-order valence-corrected chi connectivity index (χ4v) is 2.61. The molecule has 1 aromatic heterocycles. The van der Waals surface area contributed by atoms with E-state index >= 15 is 0 Å². The van der Waals surface area contributed by atoms with Crippen molar-refractivity contribution in [1.29, 1.82) is 5.26 Å². The first-order valence-corrected chi connectivity index (χ1v) is 8.24. The molecule has 2 N–H and O–H groups in total. The minimum absolute atomic E-state index is 0.283. The first kappa shape index (κ1) is 17.5. The highest BCUT2D eigenvalue weighted by molar-refractivity contribution is 6.30. The Kier molecular flexibility index (Phi) is 5.16. The second-order valence-electron chi connectivity index (χ2n) is 5.66. The van der Waals surface area contributed by atoms with Gasteiger partial charge in [-0.1, -0.05) is 17.7 Å². The Morgan fingerprint density at radius 2 is 1.96 bits per heavy atom. The summed E-state index contributed by atoms with van der Waals surface area (Å²) < 4.78 is 0. The van der Waals surface area contributed by atoms with E-state index in [1.807, 2.05) is 31.2 Å². The topological polar surface area (TPSA) is 77.8 Å². The monoisotopic (exact) mass is 362 g/mol. The maximum absolute atomic E-state index is 12.3. The molecule has 0 bridgehead atoms. The highest BCUT2D eigenvalue weighted by Gasteiger charge is 2.08. The first-order chi connectivity index (χ1) is 12.5. The van der Waals surface area contributed by atoms with Gasteiger partial charge in [0.1, 0.15) is 5.69 Å². The van der Waals surface area contributed by atoms with Crippen LogP contribution in [0.25, 0.3) is 0 Å². The Hall–Kier alpha value is -3.36. The number of hydrogen-bond acceptors (Lipinski definition) is 4. The molecule has 6 heteroatoms. The second kappa shape index (κ2) is 7.68. The maximum atomic E-state index is 12.3. The van der Waals surface area contributed by atoms with E-state index in [-0.39, 0.29) is 11.6 Å². The van der Waals surface area contributed by atoms with Crippen LogP contribution in [0, 0.1) is 18.3 Å². The standard InChI is InChI=1S/C20H15ClN4O/c1-13-9-15(21)5-7-18(13)24-17-6-8-19(23-12-17)20(26)25-16-4-2-3-14(10-16)11-22/h2-10,12,24H,1H3,(H,25,26). The number of amides is 1. The molecule has 1 heterocycles. The van der Waals surface area contributed by atoms with Gasteiger partial charge in [-0.3, -0.25) is 4.79 Å². The number of anilines is 3. The normalized spacial score (nSPS) is 10.0. The number of nitriles is 1. The lowest BCUT2D eigenvalue weighted by Crippen LogP contribution is -2.13. The Morgan fingerprint density at radius 1 is 1.12 bits per heavy atom. The van der Waals surface area contributed by atoms with E-state index < -0.39 is 0 Å². The Labute approximate surface area is 156 Å². The van der Waals surface area contributed by atoms with Gasteiger partial charge in [0, 0.05) is 16.4 Å². The number of benzene rings is 2. The number of rotatable bonds is 4. The molecule has 3 rings (SSSR count). The predicted octanol–water partition coefficient (Wildman–Crippen LogP) is 4.91. The van der Waals surface area contributed by atoms with Crippen LogP contribution in [0.5, 0.6) is 0 Å². The zero-order valence-corrected chi connectivity index (χ0v) is 14.7. The van der Waals surface area contributed by atoms with Gasteiger partial charge >= 0.3 is 0 Å². The Balaban J connectivity index is 1.70. The highest BCUT2D eigenvalue weighted by Crippen LogP contribution is 2.23. The first-order valence-electron chi connectivity index (χ1n) is 7.86. The van der Waals surface area contributed by atoms with Crippen LogP contribution in [-0.4, -0.2) is 10.9 Å². The number of nitrogens with zero attached hydrogens (tertiary/aromatic N) is 2. The van der Waals surface area contributed by atoms with Crippen molar-refractivity contribution in [2.45, 2.75) is 6.92 Å². The SMILES string of the molecule is Cc1cc(Cl)ccc1Nc1ccc(C(=O)Nc2cccc(C#N)c2)nc1. The van der Waals surface area contributed by atoms with Gasteiger partial charge in [-0.05, 0) is 61.0 Å². The van der Waals surface area contributed by atoms with Crippen LogP contribution in [0.1, 0.15) is 21.6 Å². The summed E-state index contributed by atoms with van der Waals surface area (Å²) in [4.78, 5) is 16.5. The van der Waals surface area contributed by atoms with Crippen LogP contribution in [0.15, 0.2) is 60.8 Å². The van der Waals surface area contributed by atoms with E-state index in [4.69, 9.17) is 16.9 Å². The van der Waals surface area contributed by atoms with Crippen LogP contribution < -0.4 is 10.6 Å². The molecule has 0 saturated heterocycles. The molecule has 0 radical (unpaired) electrons. The van der Waals surface area contributed by atoms with Crippen molar-refractivity contribution in [3.63, 3.8) is 0 Å². The Bertz CT molecular complexity index is 993. The van der Waals surface area contributed by atoms with E-state index in [1.54, 1.807) is 42.6 Å². The number of carbonyl (C=O) groups is 1. The molecule has 128 valence electrons. The molecule has 0 aliphatic heterocycles. The van der Waals surface area contributed by atoms with E-state index in [2.05, 4.69) is 15.6 Å². The van der Waals surface area contributed by atoms with Crippen molar-refractivity contribution in [2.24, 2.45) is 0 Å². The maximum Gasteiger partial charge on any atom is 0.274 e. The number of pyridine rings is 1. The van der Waals surface area contributed by atoms with Crippen molar-refractivity contribution >= 4 is 34.6 Å². The molecule has 0 saturated carbocycles. The largest absolute Gasteiger partial charge is 0.354 e. The number of carbonyl (C=O) groups excluding carboxylic acids is 1. The number of nitrogens with one attached hydrogen (secondary N) is 2. The molecule has 0 unspecified atom stereocenters. The van der Waals surface area contributed by atoms with Gasteiger partial charge < -0.3 is 10.6 Å². The molecule has 0 atom stereocenters. The summed E-state index contributed by atoms with van der Waals surface area (Å²) in [6.07, 6.45) is 1.59. The molecule has 0 aliphatic rings. The summed E-state index contributed by atoms with van der Waals surface area (Å²) >= 11 is 5.96. The van der Waals surface area contributed by atoms with E-state index in [9.17, 15) is 4.79 Å². The number of hydrogen-bond donors (Lipinski definition) is 2. The van der Waals surface area contributed by atoms with E-state index in [0.29, 0.717) is 16.3 Å². The van der Waals surface area contributed by atoms with Crippen molar-refractivity contribution in [3.8, 4) is 6.07 Å². The molecule has 0 aliphatic carbocycles. The summed E-state index contributed by atoms with van der Waals surface area (Å²) in [5.74, 6) is -0.339. The van der Waals surface area contributed by atoms with Crippen molar-refractivity contribution in [3.05, 3.63) is 82.6 Å². The molecular weight excluding hydrogens is 348 g/mol. The third kappa shape index (κ3) is 4.18. The molecular formula is C20H15ClN4O. The van der Waals surface area contributed by atoms with Crippen LogP contribution in [0.3, 0.4) is 0 Å². The van der Waals surface area contributed by atoms with Crippen molar-refractivity contribution in [2.75, 3.05) is 10.6 Å². The van der Waals surface area contributed by atoms with E-state index in [0.717, 1.165) is 16.9 Å². The molecule has 0 spiro atoms. The molecule has 0 fully saturated rings. The van der Waals surface area contributed by atoms with Gasteiger partial charge in [-0.25, -0.2) is 4.98 Å². The van der Waals surface area contributed by atoms with E-state index in [1.165, 1.54) is 0 Å². The van der Waals surface area contributed by atoms with Gasteiger partial charge in [0.05, 0.1) is 23.5 Å². The average molecular weight is 363 g/mol. The number of halogens is 1. The summed E-state index contributed by atoms with van der Waals surface area (Å²) in [5.41, 5.74) is 4.01. The molecule has 3 aromatic rings. The third-order valence-electron chi connectivity index (χ3n) is 3.71. The van der Waals surface area contributed by atoms with Gasteiger partial charge in [0.15, 0.2) is 0 Å². The van der Waals surface area contributed by atoms with Crippen LogP contribution in [0.2, 0.25) is 5.02 Å². The fraction of sp³-hybridized carbons (Fsp3) is 0.0500. The van der Waals surface area contributed by atoms with Gasteiger partial charge in [-0.2, -0.15) is 5.26 Å². The summed E-state index contributed by atoms with van der Waals surface area (Å²) in [6, 6.07) is 17.7. The highest BCUT2D eigenvalue weighted by atomic mass is 35.5. The lowest BCUT2D eigenvalue weighted by Gasteiger charge is -2.10. The van der Waals surface area contributed by atoms with Gasteiger partial charge in [0.25, 0.3) is 5.91 Å². The minimum Gasteiger partial charge on any atom is -0.354 e. The third-order valence-corrected chi connectivity index (χ3v) is 3.95. The zero-order chi connectivity index (χ0) is 18.5. The average Bonchev–Trinajstić information content (AvgIpc) is 2.64. The smallest absolute Gasteiger partial charge is 0.274 e. The van der Waals surface area contributed by atoms with Crippen LogP contribution >= 0.6 is 11.6 Å². The second-order valence-corrected chi connectivity index (χ2v) is 6.10. The van der Waals surface area contributed by atoms with Crippen LogP contribution in [0.4, 0.5) is 17.1 Å². The molecule has 1 amide bonds. The lowest BCUT2D eigenvalue weighted by molar-refractivity contribution is 0.102. The Morgan fingerprint density at radius 3 is 2.65 bits per heavy atom.